The van der Waals surface area contributed by atoms with Gasteiger partial charge in [0.1, 0.15) is 6.04 Å². The first-order valence-electron chi connectivity index (χ1n) is 6.32. The van der Waals surface area contributed by atoms with E-state index >= 15 is 0 Å². The summed E-state index contributed by atoms with van der Waals surface area (Å²) >= 11 is 0. The van der Waals surface area contributed by atoms with Crippen molar-refractivity contribution < 1.29 is 14.7 Å². The first-order chi connectivity index (χ1) is 8.13. The van der Waals surface area contributed by atoms with E-state index in [0.717, 1.165) is 32.2 Å². The molecule has 1 amide bonds. The van der Waals surface area contributed by atoms with E-state index in [0.29, 0.717) is 12.5 Å². The molecule has 17 heavy (non-hydrogen) atoms. The normalized spacial score (nSPS) is 27.5. The van der Waals surface area contributed by atoms with E-state index in [1.165, 1.54) is 0 Å². The summed E-state index contributed by atoms with van der Waals surface area (Å²) in [6, 6.07) is -0.373. The Morgan fingerprint density at radius 1 is 1.35 bits per heavy atom. The molecule has 2 atom stereocenters. The maximum absolute atomic E-state index is 11.6. The first kappa shape index (κ1) is 12.4. The van der Waals surface area contributed by atoms with Gasteiger partial charge in [-0.2, -0.15) is 0 Å². The Hall–Kier alpha value is -1.10. The topological polar surface area (TPSA) is 69.6 Å². The minimum atomic E-state index is -0.731. The van der Waals surface area contributed by atoms with Gasteiger partial charge in [-0.15, -0.1) is 0 Å². The summed E-state index contributed by atoms with van der Waals surface area (Å²) in [7, 11) is 1.64. The number of likely N-dealkylation sites (tertiary alicyclic amines) is 1. The van der Waals surface area contributed by atoms with Gasteiger partial charge in [0.25, 0.3) is 0 Å². The monoisotopic (exact) mass is 240 g/mol. The molecule has 0 spiro atoms. The number of hydrogen-bond acceptors (Lipinski definition) is 3. The SMILES string of the molecule is CNC(=O)C1CCCN(C(C(=O)O)C2CC2)C1. The fourth-order valence-corrected chi connectivity index (χ4v) is 2.75. The molecular weight excluding hydrogens is 220 g/mol. The zero-order valence-corrected chi connectivity index (χ0v) is 10.2. The lowest BCUT2D eigenvalue weighted by Crippen LogP contribution is -2.50. The Labute approximate surface area is 101 Å². The fraction of sp³-hybridized carbons (Fsp3) is 0.833. The molecule has 2 unspecified atom stereocenters. The van der Waals surface area contributed by atoms with E-state index in [4.69, 9.17) is 0 Å². The van der Waals surface area contributed by atoms with E-state index in [2.05, 4.69) is 5.32 Å². The van der Waals surface area contributed by atoms with Crippen LogP contribution in [0.4, 0.5) is 0 Å². The van der Waals surface area contributed by atoms with Crippen LogP contribution in [0.2, 0.25) is 0 Å². The lowest BCUT2D eigenvalue weighted by Gasteiger charge is -2.35. The van der Waals surface area contributed by atoms with Crippen LogP contribution in [0.3, 0.4) is 0 Å². The molecule has 1 heterocycles. The maximum atomic E-state index is 11.6. The number of rotatable bonds is 4. The highest BCUT2D eigenvalue weighted by atomic mass is 16.4. The summed E-state index contributed by atoms with van der Waals surface area (Å²) in [5.41, 5.74) is 0. The van der Waals surface area contributed by atoms with Crippen LogP contribution in [0.25, 0.3) is 0 Å². The maximum Gasteiger partial charge on any atom is 0.321 e. The minimum Gasteiger partial charge on any atom is -0.480 e. The largest absolute Gasteiger partial charge is 0.480 e. The predicted octanol–water partition coefficient (Wildman–Crippen LogP) is 0.308. The summed E-state index contributed by atoms with van der Waals surface area (Å²) < 4.78 is 0. The van der Waals surface area contributed by atoms with Crippen LogP contribution in [0.15, 0.2) is 0 Å². The van der Waals surface area contributed by atoms with Crippen molar-refractivity contribution in [3.05, 3.63) is 0 Å². The molecule has 2 rings (SSSR count). The number of nitrogens with one attached hydrogen (secondary N) is 1. The van der Waals surface area contributed by atoms with Gasteiger partial charge in [0.2, 0.25) is 5.91 Å². The third-order valence-corrected chi connectivity index (χ3v) is 3.78. The summed E-state index contributed by atoms with van der Waals surface area (Å²) in [6.07, 6.45) is 3.80. The van der Waals surface area contributed by atoms with Crippen LogP contribution in [-0.2, 0) is 9.59 Å². The highest BCUT2D eigenvalue weighted by Crippen LogP contribution is 2.37. The smallest absolute Gasteiger partial charge is 0.321 e. The van der Waals surface area contributed by atoms with Gasteiger partial charge >= 0.3 is 5.97 Å². The lowest BCUT2D eigenvalue weighted by atomic mass is 9.95. The van der Waals surface area contributed by atoms with E-state index in [1.807, 2.05) is 4.90 Å². The predicted molar refractivity (Wildman–Crippen MR) is 62.5 cm³/mol. The van der Waals surface area contributed by atoms with E-state index in [-0.39, 0.29) is 17.9 Å². The quantitative estimate of drug-likeness (QED) is 0.742. The van der Waals surface area contributed by atoms with Crippen molar-refractivity contribution in [2.45, 2.75) is 31.7 Å². The van der Waals surface area contributed by atoms with Crippen LogP contribution in [-0.4, -0.2) is 48.1 Å². The molecule has 2 aliphatic rings. The molecule has 1 saturated carbocycles. The standard InChI is InChI=1S/C12H20N2O3/c1-13-11(15)9-3-2-6-14(7-9)10(12(16)17)8-4-5-8/h8-10H,2-7H2,1H3,(H,13,15)(H,16,17). The Morgan fingerprint density at radius 3 is 2.59 bits per heavy atom. The van der Waals surface area contributed by atoms with Gasteiger partial charge in [-0.05, 0) is 38.1 Å². The van der Waals surface area contributed by atoms with Crippen LogP contribution in [0.5, 0.6) is 0 Å². The second kappa shape index (κ2) is 5.04. The second-order valence-electron chi connectivity index (χ2n) is 5.07. The van der Waals surface area contributed by atoms with Crippen molar-refractivity contribution in [1.29, 1.82) is 0 Å². The molecule has 0 aromatic carbocycles. The van der Waals surface area contributed by atoms with Crippen molar-refractivity contribution in [1.82, 2.24) is 10.2 Å². The number of carbonyl (C=O) groups is 2. The number of carboxylic acids is 1. The first-order valence-corrected chi connectivity index (χ1v) is 6.32. The third kappa shape index (κ3) is 2.77. The Morgan fingerprint density at radius 2 is 2.06 bits per heavy atom. The van der Waals surface area contributed by atoms with Gasteiger partial charge in [-0.25, -0.2) is 0 Å². The Balaban J connectivity index is 2.00. The lowest BCUT2D eigenvalue weighted by molar-refractivity contribution is -0.146. The number of carboxylic acid groups (broad SMARTS) is 1. The van der Waals surface area contributed by atoms with Gasteiger partial charge in [-0.1, -0.05) is 0 Å². The number of nitrogens with zero attached hydrogens (tertiary/aromatic N) is 1. The van der Waals surface area contributed by atoms with Crippen molar-refractivity contribution >= 4 is 11.9 Å². The van der Waals surface area contributed by atoms with E-state index in [1.54, 1.807) is 7.05 Å². The van der Waals surface area contributed by atoms with E-state index in [9.17, 15) is 14.7 Å². The van der Waals surface area contributed by atoms with Crippen molar-refractivity contribution in [2.24, 2.45) is 11.8 Å². The molecule has 1 aliphatic carbocycles. The van der Waals surface area contributed by atoms with E-state index < -0.39 is 5.97 Å². The van der Waals surface area contributed by atoms with Crippen molar-refractivity contribution in [3.8, 4) is 0 Å². The van der Waals surface area contributed by atoms with Crippen molar-refractivity contribution in [3.63, 3.8) is 0 Å². The van der Waals surface area contributed by atoms with Crippen molar-refractivity contribution in [2.75, 3.05) is 20.1 Å². The fourth-order valence-electron chi connectivity index (χ4n) is 2.75. The van der Waals surface area contributed by atoms with Gasteiger partial charge in [0.05, 0.1) is 5.92 Å². The van der Waals surface area contributed by atoms with Gasteiger partial charge < -0.3 is 10.4 Å². The highest BCUT2D eigenvalue weighted by molar-refractivity contribution is 5.79. The van der Waals surface area contributed by atoms with Crippen LogP contribution in [0, 0.1) is 11.8 Å². The van der Waals surface area contributed by atoms with Crippen LogP contribution in [0.1, 0.15) is 25.7 Å². The average molecular weight is 240 g/mol. The summed E-state index contributed by atoms with van der Waals surface area (Å²) in [5.74, 6) is -0.440. The minimum absolute atomic E-state index is 0.0367. The summed E-state index contributed by atoms with van der Waals surface area (Å²) in [5, 5.41) is 11.9. The molecule has 0 bridgehead atoms. The molecule has 2 N–H and O–H groups in total. The molecule has 5 heteroatoms. The molecule has 1 saturated heterocycles. The summed E-state index contributed by atoms with van der Waals surface area (Å²) in [6.45, 7) is 1.40. The zero-order valence-electron chi connectivity index (χ0n) is 10.2. The molecule has 0 aromatic heterocycles. The van der Waals surface area contributed by atoms with Gasteiger partial charge in [0.15, 0.2) is 0 Å². The number of aliphatic carboxylic acids is 1. The molecule has 0 radical (unpaired) electrons. The summed E-state index contributed by atoms with van der Waals surface area (Å²) in [4.78, 5) is 24.9. The zero-order chi connectivity index (χ0) is 12.4. The number of amides is 1. The number of carbonyl (C=O) groups excluding carboxylic acids is 1. The van der Waals surface area contributed by atoms with Crippen LogP contribution < -0.4 is 5.32 Å². The Bertz CT molecular complexity index is 315. The Kier molecular flexibility index (Phi) is 3.66. The number of hydrogen-bond donors (Lipinski definition) is 2. The number of piperidine rings is 1. The highest BCUT2D eigenvalue weighted by Gasteiger charge is 2.42. The third-order valence-electron chi connectivity index (χ3n) is 3.78. The molecule has 0 aromatic rings. The average Bonchev–Trinajstić information content (AvgIpc) is 3.12. The second-order valence-corrected chi connectivity index (χ2v) is 5.07. The molecule has 1 aliphatic heterocycles. The molecule has 5 nitrogen and oxygen atoms in total. The van der Waals surface area contributed by atoms with Crippen LogP contribution >= 0.6 is 0 Å². The molecule has 96 valence electrons. The molecular formula is C12H20N2O3. The van der Waals surface area contributed by atoms with Gasteiger partial charge in [0, 0.05) is 13.6 Å². The molecule has 2 fully saturated rings. The van der Waals surface area contributed by atoms with Gasteiger partial charge in [-0.3, -0.25) is 14.5 Å².